The number of benzene rings is 2. The molecule has 0 atom stereocenters. The first-order valence-electron chi connectivity index (χ1n) is 11.8. The number of nitrogens with zero attached hydrogens (tertiary/aromatic N) is 1. The first-order valence-corrected chi connectivity index (χ1v) is 11.8. The highest BCUT2D eigenvalue weighted by molar-refractivity contribution is 5.89. The quantitative estimate of drug-likeness (QED) is 0.332. The molecule has 0 bridgehead atoms. The molecule has 0 aliphatic rings. The van der Waals surface area contributed by atoms with Crippen LogP contribution in [0.2, 0.25) is 0 Å². The van der Waals surface area contributed by atoms with Gasteiger partial charge in [-0.25, -0.2) is 0 Å². The Bertz CT molecular complexity index is 1230. The molecule has 0 amide bonds. The number of hydrogen-bond donors (Lipinski definition) is 1. The van der Waals surface area contributed by atoms with Gasteiger partial charge in [0.1, 0.15) is 19.0 Å². The third-order valence-corrected chi connectivity index (χ3v) is 5.60. The molecule has 0 saturated carbocycles. The van der Waals surface area contributed by atoms with Gasteiger partial charge in [-0.2, -0.15) is 0 Å². The van der Waals surface area contributed by atoms with Gasteiger partial charge < -0.3 is 19.1 Å². The summed E-state index contributed by atoms with van der Waals surface area (Å²) in [6, 6.07) is 14.7. The summed E-state index contributed by atoms with van der Waals surface area (Å²) in [5, 5.41) is 10.8. The lowest BCUT2D eigenvalue weighted by molar-refractivity contribution is 0.274. The minimum absolute atomic E-state index is 0.0962. The number of rotatable bonds is 10. The van der Waals surface area contributed by atoms with Crippen LogP contribution in [0.15, 0.2) is 76.6 Å². The number of pyridine rings is 1. The highest BCUT2D eigenvalue weighted by Crippen LogP contribution is 2.36. The molecule has 0 radical (unpaired) electrons. The van der Waals surface area contributed by atoms with Gasteiger partial charge >= 0.3 is 0 Å². The zero-order chi connectivity index (χ0) is 24.7. The molecular weight excluding hydrogens is 426 g/mol. The molecule has 0 fully saturated rings. The Balaban J connectivity index is 2.00. The lowest BCUT2D eigenvalue weighted by Gasteiger charge is -2.20. The van der Waals surface area contributed by atoms with Crippen molar-refractivity contribution < 1.29 is 14.6 Å². The molecule has 3 aromatic rings. The van der Waals surface area contributed by atoms with Gasteiger partial charge in [0.15, 0.2) is 5.75 Å². The molecule has 1 heterocycles. The van der Waals surface area contributed by atoms with E-state index >= 15 is 0 Å². The SMILES string of the molecule is CC(C)=CCC/C(C)=C/COc1c(OCc2ccccc2)c2ccc(O)cc2n(C(C)C)c1=O. The zero-order valence-electron chi connectivity index (χ0n) is 20.8. The molecule has 0 aliphatic carbocycles. The summed E-state index contributed by atoms with van der Waals surface area (Å²) in [5.74, 6) is 0.686. The van der Waals surface area contributed by atoms with Crippen molar-refractivity contribution in [1.29, 1.82) is 0 Å². The molecule has 180 valence electrons. The second kappa shape index (κ2) is 11.6. The van der Waals surface area contributed by atoms with Crippen LogP contribution in [0.4, 0.5) is 0 Å². The predicted octanol–water partition coefficient (Wildman–Crippen LogP) is 6.94. The molecule has 1 aromatic heterocycles. The van der Waals surface area contributed by atoms with E-state index in [2.05, 4.69) is 26.8 Å². The Morgan fingerprint density at radius 2 is 1.74 bits per heavy atom. The van der Waals surface area contributed by atoms with E-state index in [9.17, 15) is 9.90 Å². The molecule has 1 N–H and O–H groups in total. The molecule has 5 heteroatoms. The summed E-state index contributed by atoms with van der Waals surface area (Å²) in [5.41, 5.74) is 3.85. The summed E-state index contributed by atoms with van der Waals surface area (Å²) in [6.07, 6.45) is 6.16. The Morgan fingerprint density at radius 1 is 1.00 bits per heavy atom. The highest BCUT2D eigenvalue weighted by atomic mass is 16.5. The van der Waals surface area contributed by atoms with Crippen LogP contribution in [0.25, 0.3) is 10.9 Å². The topological polar surface area (TPSA) is 60.7 Å². The van der Waals surface area contributed by atoms with Crippen molar-refractivity contribution in [1.82, 2.24) is 4.57 Å². The molecular formula is C29H35NO4. The summed E-state index contributed by atoms with van der Waals surface area (Å²) in [7, 11) is 0. The lowest BCUT2D eigenvalue weighted by atomic mass is 10.1. The van der Waals surface area contributed by atoms with Crippen molar-refractivity contribution >= 4 is 10.9 Å². The van der Waals surface area contributed by atoms with Crippen molar-refractivity contribution in [2.75, 3.05) is 6.61 Å². The number of allylic oxidation sites excluding steroid dienone is 3. The van der Waals surface area contributed by atoms with Gasteiger partial charge in [-0.1, -0.05) is 47.6 Å². The van der Waals surface area contributed by atoms with E-state index in [1.807, 2.05) is 50.3 Å². The van der Waals surface area contributed by atoms with Gasteiger partial charge in [-0.15, -0.1) is 0 Å². The fraction of sp³-hybridized carbons (Fsp3) is 0.345. The van der Waals surface area contributed by atoms with E-state index in [4.69, 9.17) is 9.47 Å². The number of phenols is 1. The second-order valence-corrected chi connectivity index (χ2v) is 9.08. The standard InChI is InChI=1S/C29H35NO4/c1-20(2)10-9-11-22(5)16-17-33-28-27(34-19-23-12-7-6-8-13-23)25-15-14-24(31)18-26(25)30(21(3)4)29(28)32/h6-8,10,12-16,18,21,31H,9,11,17,19H2,1-5H3/b22-16+. The molecule has 2 aromatic carbocycles. The monoisotopic (exact) mass is 461 g/mol. The Morgan fingerprint density at radius 3 is 2.41 bits per heavy atom. The summed E-state index contributed by atoms with van der Waals surface area (Å²) in [4.78, 5) is 13.5. The second-order valence-electron chi connectivity index (χ2n) is 9.08. The molecule has 3 rings (SSSR count). The summed E-state index contributed by atoms with van der Waals surface area (Å²) < 4.78 is 13.9. The van der Waals surface area contributed by atoms with Crippen LogP contribution in [0.5, 0.6) is 17.2 Å². The van der Waals surface area contributed by atoms with Gasteiger partial charge in [-0.3, -0.25) is 4.79 Å². The molecule has 0 saturated heterocycles. The molecule has 0 aliphatic heterocycles. The maximum atomic E-state index is 13.5. The number of fused-ring (bicyclic) bond motifs is 1. The van der Waals surface area contributed by atoms with Gasteiger partial charge in [0.2, 0.25) is 5.75 Å². The van der Waals surface area contributed by atoms with Crippen LogP contribution in [0, 0.1) is 0 Å². The van der Waals surface area contributed by atoms with E-state index in [0.29, 0.717) is 17.9 Å². The number of hydrogen-bond acceptors (Lipinski definition) is 4. The lowest BCUT2D eigenvalue weighted by Crippen LogP contribution is -2.25. The van der Waals surface area contributed by atoms with Gasteiger partial charge in [-0.05, 0) is 71.2 Å². The van der Waals surface area contributed by atoms with Crippen molar-refractivity contribution in [3.63, 3.8) is 0 Å². The van der Waals surface area contributed by atoms with Crippen LogP contribution >= 0.6 is 0 Å². The van der Waals surface area contributed by atoms with Crippen molar-refractivity contribution in [2.24, 2.45) is 0 Å². The van der Waals surface area contributed by atoms with Crippen molar-refractivity contribution in [3.05, 3.63) is 87.7 Å². The average Bonchev–Trinajstić information content (AvgIpc) is 2.78. The van der Waals surface area contributed by atoms with Gasteiger partial charge in [0.25, 0.3) is 5.56 Å². The highest BCUT2D eigenvalue weighted by Gasteiger charge is 2.21. The Hall–Kier alpha value is -3.47. The maximum absolute atomic E-state index is 13.5. The predicted molar refractivity (Wildman–Crippen MR) is 139 cm³/mol. The zero-order valence-corrected chi connectivity index (χ0v) is 20.8. The van der Waals surface area contributed by atoms with Crippen LogP contribution in [-0.4, -0.2) is 16.3 Å². The Kier molecular flexibility index (Phi) is 8.58. The first-order chi connectivity index (χ1) is 16.3. The summed E-state index contributed by atoms with van der Waals surface area (Å²) in [6.45, 7) is 10.7. The van der Waals surface area contributed by atoms with Crippen LogP contribution in [0.1, 0.15) is 59.1 Å². The Labute approximate surface area is 202 Å². The minimum Gasteiger partial charge on any atom is -0.508 e. The van der Waals surface area contributed by atoms with E-state index < -0.39 is 0 Å². The molecule has 34 heavy (non-hydrogen) atoms. The van der Waals surface area contributed by atoms with Crippen molar-refractivity contribution in [2.45, 2.75) is 60.1 Å². The normalized spacial score (nSPS) is 11.6. The molecule has 0 spiro atoms. The first kappa shape index (κ1) is 25.2. The van der Waals surface area contributed by atoms with Crippen LogP contribution in [-0.2, 0) is 6.61 Å². The largest absolute Gasteiger partial charge is 0.508 e. The van der Waals surface area contributed by atoms with E-state index in [1.165, 1.54) is 11.1 Å². The number of phenolic OH excluding ortho intramolecular Hbond substituents is 1. The molecule has 0 unspecified atom stereocenters. The number of aromatic hydroxyl groups is 1. The van der Waals surface area contributed by atoms with E-state index in [0.717, 1.165) is 23.8 Å². The fourth-order valence-electron chi connectivity index (χ4n) is 3.82. The third-order valence-electron chi connectivity index (χ3n) is 5.60. The van der Waals surface area contributed by atoms with E-state index in [1.54, 1.807) is 22.8 Å². The maximum Gasteiger partial charge on any atom is 0.297 e. The number of ether oxygens (including phenoxy) is 2. The third kappa shape index (κ3) is 6.31. The summed E-state index contributed by atoms with van der Waals surface area (Å²) >= 11 is 0. The van der Waals surface area contributed by atoms with Crippen LogP contribution in [0.3, 0.4) is 0 Å². The minimum atomic E-state index is -0.272. The molecule has 5 nitrogen and oxygen atoms in total. The van der Waals surface area contributed by atoms with Gasteiger partial charge in [0, 0.05) is 17.5 Å². The van der Waals surface area contributed by atoms with Gasteiger partial charge in [0.05, 0.1) is 5.52 Å². The van der Waals surface area contributed by atoms with Crippen molar-refractivity contribution in [3.8, 4) is 17.2 Å². The average molecular weight is 462 g/mol. The fourth-order valence-corrected chi connectivity index (χ4v) is 3.82. The smallest absolute Gasteiger partial charge is 0.297 e. The number of aromatic nitrogens is 1. The van der Waals surface area contributed by atoms with Crippen LogP contribution < -0.4 is 15.0 Å². The van der Waals surface area contributed by atoms with E-state index in [-0.39, 0.29) is 29.7 Å².